The number of para-hydroxylation sites is 1. The summed E-state index contributed by atoms with van der Waals surface area (Å²) in [4.78, 5) is 18.8. The highest BCUT2D eigenvalue weighted by molar-refractivity contribution is 7.17. The first kappa shape index (κ1) is 19.1. The Bertz CT molecular complexity index is 1280. The number of aromatic nitrogens is 3. The summed E-state index contributed by atoms with van der Waals surface area (Å²) in [5.74, 6) is 2.46. The molecule has 1 aliphatic rings. The fourth-order valence-corrected chi connectivity index (χ4v) is 4.50. The van der Waals surface area contributed by atoms with Gasteiger partial charge < -0.3 is 14.2 Å². The lowest BCUT2D eigenvalue weighted by atomic mass is 10.1. The number of aromatic amines is 1. The van der Waals surface area contributed by atoms with Crippen molar-refractivity contribution < 1.29 is 19.0 Å². The third-order valence-electron chi connectivity index (χ3n) is 4.92. The molecule has 0 saturated heterocycles. The van der Waals surface area contributed by atoms with Gasteiger partial charge in [0, 0.05) is 22.1 Å². The van der Waals surface area contributed by atoms with Crippen molar-refractivity contribution in [3.05, 3.63) is 59.0 Å². The third kappa shape index (κ3) is 3.49. The number of nitrogens with one attached hydrogen (secondary N) is 2. The maximum absolute atomic E-state index is 12.8. The third-order valence-corrected chi connectivity index (χ3v) is 6.13. The first-order valence-corrected chi connectivity index (χ1v) is 10.3. The zero-order valence-corrected chi connectivity index (χ0v) is 17.6. The second kappa shape index (κ2) is 7.77. The van der Waals surface area contributed by atoms with E-state index in [-0.39, 0.29) is 11.9 Å². The number of ether oxygens (including phenoxy) is 3. The van der Waals surface area contributed by atoms with Gasteiger partial charge in [-0.15, -0.1) is 16.4 Å². The lowest BCUT2D eigenvalue weighted by Gasteiger charge is -2.16. The number of carbonyl (C=O) groups is 1. The zero-order chi connectivity index (χ0) is 21.4. The number of amides is 1. The summed E-state index contributed by atoms with van der Waals surface area (Å²) >= 11 is 1.43. The van der Waals surface area contributed by atoms with E-state index >= 15 is 0 Å². The Morgan fingerprint density at radius 2 is 2.00 bits per heavy atom. The van der Waals surface area contributed by atoms with Crippen LogP contribution in [0.25, 0.3) is 21.8 Å². The van der Waals surface area contributed by atoms with Crippen molar-refractivity contribution in [2.45, 2.75) is 6.61 Å². The van der Waals surface area contributed by atoms with E-state index in [0.29, 0.717) is 34.4 Å². The predicted octanol–water partition coefficient (Wildman–Crippen LogP) is 4.36. The van der Waals surface area contributed by atoms with Gasteiger partial charge in [0.25, 0.3) is 5.91 Å². The van der Waals surface area contributed by atoms with Crippen molar-refractivity contribution in [3.63, 3.8) is 0 Å². The number of benzene rings is 2. The maximum atomic E-state index is 12.8. The van der Waals surface area contributed by atoms with Crippen LogP contribution in [-0.2, 0) is 6.61 Å². The number of hydrogen-bond acceptors (Lipinski definition) is 7. The van der Waals surface area contributed by atoms with E-state index in [2.05, 4.69) is 20.5 Å². The lowest BCUT2D eigenvalue weighted by Crippen LogP contribution is -2.11. The summed E-state index contributed by atoms with van der Waals surface area (Å²) in [5, 5.41) is 9.71. The smallest absolute Gasteiger partial charge is 0.268 e. The first-order chi connectivity index (χ1) is 15.2. The molecule has 8 nitrogen and oxygen atoms in total. The summed E-state index contributed by atoms with van der Waals surface area (Å²) < 4.78 is 16.4. The van der Waals surface area contributed by atoms with Crippen molar-refractivity contribution in [2.75, 3.05) is 19.5 Å². The Hall–Kier alpha value is -3.85. The molecule has 4 aromatic rings. The molecule has 0 radical (unpaired) electrons. The van der Waals surface area contributed by atoms with Gasteiger partial charge in [-0.05, 0) is 30.3 Å². The fraction of sp³-hybridized carbons (Fsp3) is 0.136. The predicted molar refractivity (Wildman–Crippen MR) is 117 cm³/mol. The Morgan fingerprint density at radius 1 is 1.13 bits per heavy atom. The average Bonchev–Trinajstić information content (AvgIpc) is 3.46. The van der Waals surface area contributed by atoms with Crippen LogP contribution in [0.2, 0.25) is 0 Å². The molecule has 0 atom stereocenters. The normalized spacial score (nSPS) is 11.8. The minimum Gasteiger partial charge on any atom is -0.497 e. The molecule has 2 N–H and O–H groups in total. The Kier molecular flexibility index (Phi) is 4.79. The minimum absolute atomic E-state index is 0.181. The van der Waals surface area contributed by atoms with Crippen LogP contribution in [-0.4, -0.2) is 35.3 Å². The number of rotatable bonds is 5. The molecule has 0 unspecified atom stereocenters. The lowest BCUT2D eigenvalue weighted by molar-refractivity contribution is 0.102. The van der Waals surface area contributed by atoms with Crippen LogP contribution in [0.4, 0.5) is 5.95 Å². The molecule has 3 heterocycles. The molecule has 0 saturated carbocycles. The highest BCUT2D eigenvalue weighted by Crippen LogP contribution is 2.42. The van der Waals surface area contributed by atoms with E-state index in [1.54, 1.807) is 26.4 Å². The van der Waals surface area contributed by atoms with E-state index < -0.39 is 0 Å². The number of fused-ring (bicyclic) bond motifs is 3. The molecule has 9 heteroatoms. The molecule has 5 rings (SSSR count). The van der Waals surface area contributed by atoms with Crippen LogP contribution in [0.3, 0.4) is 0 Å². The standard InChI is InChI=1S/C22H18N4O4S/c1-28-13-7-8-15(17(10-13)29-2)20-23-22(26-25-20)24-21(27)18-9-12-11-30-16-6-4-3-5-14(16)19(12)31-18/h3-10H,11H2,1-2H3,(H2,23,24,25,26,27). The van der Waals surface area contributed by atoms with Gasteiger partial charge in [0.15, 0.2) is 5.82 Å². The molecule has 31 heavy (non-hydrogen) atoms. The molecule has 0 fully saturated rings. The summed E-state index contributed by atoms with van der Waals surface area (Å²) in [7, 11) is 3.15. The van der Waals surface area contributed by atoms with E-state index in [1.165, 1.54) is 11.3 Å². The van der Waals surface area contributed by atoms with Crippen molar-refractivity contribution in [1.29, 1.82) is 0 Å². The highest BCUT2D eigenvalue weighted by atomic mass is 32.1. The quantitative estimate of drug-likeness (QED) is 0.484. The van der Waals surface area contributed by atoms with Crippen molar-refractivity contribution >= 4 is 23.2 Å². The highest BCUT2D eigenvalue weighted by Gasteiger charge is 2.23. The molecule has 2 aromatic carbocycles. The van der Waals surface area contributed by atoms with Gasteiger partial charge in [-0.25, -0.2) is 0 Å². The van der Waals surface area contributed by atoms with Crippen LogP contribution in [0, 0.1) is 0 Å². The monoisotopic (exact) mass is 434 g/mol. The largest absolute Gasteiger partial charge is 0.497 e. The number of nitrogens with zero attached hydrogens (tertiary/aromatic N) is 2. The summed E-state index contributed by atoms with van der Waals surface area (Å²) in [6, 6.07) is 15.0. The van der Waals surface area contributed by atoms with Gasteiger partial charge in [0.1, 0.15) is 23.9 Å². The average molecular weight is 434 g/mol. The number of anilines is 1. The van der Waals surface area contributed by atoms with Crippen molar-refractivity contribution in [1.82, 2.24) is 15.2 Å². The van der Waals surface area contributed by atoms with Gasteiger partial charge >= 0.3 is 0 Å². The molecule has 0 bridgehead atoms. The van der Waals surface area contributed by atoms with Gasteiger partial charge in [0.05, 0.1) is 24.7 Å². The van der Waals surface area contributed by atoms with Gasteiger partial charge in [-0.2, -0.15) is 4.98 Å². The topological polar surface area (TPSA) is 98.4 Å². The number of H-pyrrole nitrogens is 1. The van der Waals surface area contributed by atoms with Crippen LogP contribution in [0.5, 0.6) is 17.2 Å². The molecule has 0 spiro atoms. The van der Waals surface area contributed by atoms with Crippen LogP contribution >= 0.6 is 11.3 Å². The number of hydrogen-bond donors (Lipinski definition) is 2. The summed E-state index contributed by atoms with van der Waals surface area (Å²) in [5.41, 5.74) is 2.70. The van der Waals surface area contributed by atoms with Crippen molar-refractivity contribution in [3.8, 4) is 39.1 Å². The van der Waals surface area contributed by atoms with Gasteiger partial charge in [0.2, 0.25) is 5.95 Å². The maximum Gasteiger partial charge on any atom is 0.268 e. The van der Waals surface area contributed by atoms with Gasteiger partial charge in [-0.3, -0.25) is 15.2 Å². The van der Waals surface area contributed by atoms with Gasteiger partial charge in [-0.1, -0.05) is 12.1 Å². The summed E-state index contributed by atoms with van der Waals surface area (Å²) in [6.07, 6.45) is 0. The number of thiophene rings is 1. The second-order valence-corrected chi connectivity index (χ2v) is 7.83. The fourth-order valence-electron chi connectivity index (χ4n) is 3.41. The Morgan fingerprint density at radius 3 is 2.84 bits per heavy atom. The van der Waals surface area contributed by atoms with Crippen LogP contribution in [0.15, 0.2) is 48.5 Å². The Balaban J connectivity index is 1.38. The summed E-state index contributed by atoms with van der Waals surface area (Å²) in [6.45, 7) is 0.443. The minimum atomic E-state index is -0.274. The molecule has 1 amide bonds. The van der Waals surface area contributed by atoms with Crippen molar-refractivity contribution in [2.24, 2.45) is 0 Å². The van der Waals surface area contributed by atoms with Crippen LogP contribution < -0.4 is 19.5 Å². The van der Waals surface area contributed by atoms with E-state index in [4.69, 9.17) is 14.2 Å². The molecule has 156 valence electrons. The molecule has 1 aliphatic heterocycles. The zero-order valence-electron chi connectivity index (χ0n) is 16.8. The first-order valence-electron chi connectivity index (χ1n) is 9.47. The number of carbonyl (C=O) groups excluding carboxylic acids is 1. The van der Waals surface area contributed by atoms with Crippen LogP contribution in [0.1, 0.15) is 15.2 Å². The molecule has 2 aromatic heterocycles. The Labute approximate surface area is 181 Å². The SMILES string of the molecule is COc1ccc(-c2nc(NC(=O)c3cc4c(s3)-c3ccccc3OC4)n[nH]2)c(OC)c1. The van der Waals surface area contributed by atoms with E-state index in [9.17, 15) is 4.79 Å². The van der Waals surface area contributed by atoms with E-state index in [0.717, 1.165) is 21.8 Å². The molecule has 0 aliphatic carbocycles. The molecular formula is C22H18N4O4S. The van der Waals surface area contributed by atoms with E-state index in [1.807, 2.05) is 36.4 Å². The number of methoxy groups -OCH3 is 2. The second-order valence-electron chi connectivity index (χ2n) is 6.78. The molecular weight excluding hydrogens is 416 g/mol.